The zero-order valence-electron chi connectivity index (χ0n) is 15.8. The Kier molecular flexibility index (Phi) is 5.97. The molecule has 0 aliphatic carbocycles. The van der Waals surface area contributed by atoms with Gasteiger partial charge in [0.25, 0.3) is 5.91 Å². The third-order valence-electron chi connectivity index (χ3n) is 4.88. The number of carbonyl (C=O) groups excluding carboxylic acids is 1. The van der Waals surface area contributed by atoms with E-state index in [0.717, 1.165) is 18.5 Å². The number of rotatable bonds is 5. The zero-order valence-corrected chi connectivity index (χ0v) is 16.6. The van der Waals surface area contributed by atoms with Crippen molar-refractivity contribution < 1.29 is 13.2 Å². The molecule has 0 bridgehead atoms. The summed E-state index contributed by atoms with van der Waals surface area (Å²) in [7, 11) is -3.14. The van der Waals surface area contributed by atoms with Gasteiger partial charge in [0, 0.05) is 31.5 Å². The molecule has 0 radical (unpaired) electrons. The van der Waals surface area contributed by atoms with Crippen molar-refractivity contribution in [3.63, 3.8) is 0 Å². The summed E-state index contributed by atoms with van der Waals surface area (Å²) in [6.07, 6.45) is 2.19. The number of nitrogens with one attached hydrogen (secondary N) is 1. The van der Waals surface area contributed by atoms with Crippen LogP contribution in [0.3, 0.4) is 0 Å². The first-order chi connectivity index (χ1) is 12.9. The topological polar surface area (TPSA) is 66.5 Å². The average Bonchev–Trinajstić information content (AvgIpc) is 2.66. The summed E-state index contributed by atoms with van der Waals surface area (Å²) < 4.78 is 23.1. The molecule has 0 aromatic heterocycles. The Morgan fingerprint density at radius 3 is 2.56 bits per heavy atom. The quantitative estimate of drug-likeness (QED) is 0.858. The Morgan fingerprint density at radius 1 is 1.15 bits per heavy atom. The van der Waals surface area contributed by atoms with Gasteiger partial charge in [0.05, 0.1) is 11.8 Å². The van der Waals surface area contributed by atoms with Crippen LogP contribution in [-0.2, 0) is 22.0 Å². The number of hydrogen-bond acceptors (Lipinski definition) is 4. The fourth-order valence-corrected chi connectivity index (χ4v) is 4.27. The molecule has 3 rings (SSSR count). The number of sulfone groups is 1. The lowest BCUT2D eigenvalue weighted by atomic mass is 9.99. The highest BCUT2D eigenvalue weighted by atomic mass is 32.2. The lowest BCUT2D eigenvalue weighted by molar-refractivity contribution is 0.0634. The summed E-state index contributed by atoms with van der Waals surface area (Å²) >= 11 is 0. The number of amides is 1. The van der Waals surface area contributed by atoms with E-state index < -0.39 is 9.84 Å². The monoisotopic (exact) mass is 386 g/mol. The van der Waals surface area contributed by atoms with Gasteiger partial charge in [0.1, 0.15) is 0 Å². The minimum Gasteiger partial charge on any atom is -0.329 e. The number of carbonyl (C=O) groups is 1. The van der Waals surface area contributed by atoms with Crippen molar-refractivity contribution in [2.75, 3.05) is 25.9 Å². The lowest BCUT2D eigenvalue weighted by Gasteiger charge is -2.36. The maximum Gasteiger partial charge on any atom is 0.254 e. The minimum atomic E-state index is -3.14. The summed E-state index contributed by atoms with van der Waals surface area (Å²) in [5.74, 6) is -0.117. The number of hydrogen-bond donors (Lipinski definition) is 1. The molecule has 2 aromatic rings. The van der Waals surface area contributed by atoms with Crippen LogP contribution in [0.2, 0.25) is 0 Å². The Morgan fingerprint density at radius 2 is 1.89 bits per heavy atom. The third-order valence-corrected chi connectivity index (χ3v) is 5.74. The highest BCUT2D eigenvalue weighted by Crippen LogP contribution is 2.25. The van der Waals surface area contributed by atoms with Crippen LogP contribution in [0.4, 0.5) is 0 Å². The number of nitrogens with zero attached hydrogens (tertiary/aromatic N) is 1. The van der Waals surface area contributed by atoms with Gasteiger partial charge in [-0.1, -0.05) is 43.3 Å². The lowest BCUT2D eigenvalue weighted by Crippen LogP contribution is -2.48. The second-order valence-corrected chi connectivity index (χ2v) is 9.22. The molecule has 1 aliphatic heterocycles. The summed E-state index contributed by atoms with van der Waals surface area (Å²) in [5, 5.41) is 3.37. The molecule has 1 amide bonds. The molecular formula is C21H26N2O3S. The Balaban J connectivity index is 1.86. The smallest absolute Gasteiger partial charge is 0.254 e. The molecule has 5 nitrogen and oxygen atoms in total. The molecule has 144 valence electrons. The molecule has 1 N–H and O–H groups in total. The van der Waals surface area contributed by atoms with Gasteiger partial charge in [-0.15, -0.1) is 0 Å². The standard InChI is InChI=1S/C21H26N2O3S/c1-3-16-7-9-18(10-8-16)20-14-22-11-12-23(20)21(24)19-6-4-5-17(13-19)15-27(2,25)26/h4-10,13,20,22H,3,11-12,14-15H2,1-2H3. The third kappa shape index (κ3) is 4.96. The fourth-order valence-electron chi connectivity index (χ4n) is 3.48. The minimum absolute atomic E-state index is 0.0317. The Bertz CT molecular complexity index is 907. The van der Waals surface area contributed by atoms with E-state index in [9.17, 15) is 13.2 Å². The highest BCUT2D eigenvalue weighted by molar-refractivity contribution is 7.89. The second kappa shape index (κ2) is 8.23. The van der Waals surface area contributed by atoms with Crippen LogP contribution in [0.1, 0.15) is 40.0 Å². The van der Waals surface area contributed by atoms with Gasteiger partial charge in [0.2, 0.25) is 0 Å². The van der Waals surface area contributed by atoms with Gasteiger partial charge in [-0.25, -0.2) is 8.42 Å². The maximum atomic E-state index is 13.2. The predicted molar refractivity (Wildman–Crippen MR) is 107 cm³/mol. The van der Waals surface area contributed by atoms with Crippen molar-refractivity contribution >= 4 is 15.7 Å². The highest BCUT2D eigenvalue weighted by Gasteiger charge is 2.28. The molecule has 1 atom stereocenters. The first kappa shape index (κ1) is 19.6. The summed E-state index contributed by atoms with van der Waals surface area (Å²) in [5.41, 5.74) is 3.56. The van der Waals surface area contributed by atoms with Crippen molar-refractivity contribution in [2.24, 2.45) is 0 Å². The van der Waals surface area contributed by atoms with Gasteiger partial charge >= 0.3 is 0 Å². The molecule has 1 saturated heterocycles. The van der Waals surface area contributed by atoms with Gasteiger partial charge < -0.3 is 10.2 Å². The summed E-state index contributed by atoms with van der Waals surface area (Å²) in [4.78, 5) is 15.1. The maximum absolute atomic E-state index is 13.2. The molecule has 1 fully saturated rings. The first-order valence-corrected chi connectivity index (χ1v) is 11.3. The SMILES string of the molecule is CCc1ccc(C2CNCCN2C(=O)c2cccc(CS(C)(=O)=O)c2)cc1. The van der Waals surface area contributed by atoms with Gasteiger partial charge in [-0.05, 0) is 35.2 Å². The molecule has 2 aromatic carbocycles. The number of piperazine rings is 1. The molecular weight excluding hydrogens is 360 g/mol. The zero-order chi connectivity index (χ0) is 19.4. The van der Waals surface area contributed by atoms with Crippen molar-refractivity contribution in [1.82, 2.24) is 10.2 Å². The van der Waals surface area contributed by atoms with Crippen LogP contribution in [0.25, 0.3) is 0 Å². The van der Waals surface area contributed by atoms with Gasteiger partial charge in [-0.2, -0.15) is 0 Å². The molecule has 1 heterocycles. The first-order valence-electron chi connectivity index (χ1n) is 9.24. The normalized spacial score (nSPS) is 17.7. The van der Waals surface area contributed by atoms with Gasteiger partial charge in [0.15, 0.2) is 9.84 Å². The van der Waals surface area contributed by atoms with Crippen LogP contribution >= 0.6 is 0 Å². The van der Waals surface area contributed by atoms with Crippen LogP contribution in [0.15, 0.2) is 48.5 Å². The number of aryl methyl sites for hydroxylation is 1. The van der Waals surface area contributed by atoms with Crippen LogP contribution in [0, 0.1) is 0 Å². The van der Waals surface area contributed by atoms with Gasteiger partial charge in [-0.3, -0.25) is 4.79 Å². The van der Waals surface area contributed by atoms with E-state index >= 15 is 0 Å². The largest absolute Gasteiger partial charge is 0.329 e. The van der Waals surface area contributed by atoms with Crippen molar-refractivity contribution in [2.45, 2.75) is 25.1 Å². The van der Waals surface area contributed by atoms with E-state index in [-0.39, 0.29) is 17.7 Å². The van der Waals surface area contributed by atoms with Crippen molar-refractivity contribution in [3.8, 4) is 0 Å². The van der Waals surface area contributed by atoms with Crippen LogP contribution < -0.4 is 5.32 Å². The van der Waals surface area contributed by atoms with E-state index in [1.54, 1.807) is 24.3 Å². The molecule has 0 spiro atoms. The molecule has 0 saturated carbocycles. The van der Waals surface area contributed by atoms with Crippen molar-refractivity contribution in [1.29, 1.82) is 0 Å². The van der Waals surface area contributed by atoms with Crippen LogP contribution in [0.5, 0.6) is 0 Å². The summed E-state index contributed by atoms with van der Waals surface area (Å²) in [6, 6.07) is 15.3. The van der Waals surface area contributed by atoms with E-state index in [2.05, 4.69) is 36.5 Å². The molecule has 1 unspecified atom stereocenters. The number of benzene rings is 2. The van der Waals surface area contributed by atoms with Crippen LogP contribution in [-0.4, -0.2) is 45.1 Å². The summed E-state index contributed by atoms with van der Waals surface area (Å²) in [6.45, 7) is 4.20. The molecule has 1 aliphatic rings. The Hall–Kier alpha value is -2.18. The molecule has 27 heavy (non-hydrogen) atoms. The molecule has 6 heteroatoms. The predicted octanol–water partition coefficient (Wildman–Crippen LogP) is 2.58. The van der Waals surface area contributed by atoms with E-state index in [1.807, 2.05) is 4.90 Å². The van der Waals surface area contributed by atoms with Crippen molar-refractivity contribution in [3.05, 3.63) is 70.8 Å². The van der Waals surface area contributed by atoms with E-state index in [0.29, 0.717) is 24.2 Å². The Labute approximate surface area is 161 Å². The second-order valence-electron chi connectivity index (χ2n) is 7.08. The van der Waals surface area contributed by atoms with E-state index in [4.69, 9.17) is 0 Å². The van der Waals surface area contributed by atoms with E-state index in [1.165, 1.54) is 11.8 Å². The fraction of sp³-hybridized carbons (Fsp3) is 0.381. The average molecular weight is 387 g/mol.